The molecule has 1 fully saturated rings. The molecule has 1 amide bonds. The third-order valence-corrected chi connectivity index (χ3v) is 5.72. The maximum atomic E-state index is 12.4. The first-order valence-corrected chi connectivity index (χ1v) is 10.4. The summed E-state index contributed by atoms with van der Waals surface area (Å²) in [6, 6.07) is 17.6. The summed E-state index contributed by atoms with van der Waals surface area (Å²) in [6.45, 7) is 2.45. The van der Waals surface area contributed by atoms with Crippen LogP contribution in [0, 0.1) is 0 Å². The maximum absolute atomic E-state index is 12.4. The second-order valence-electron chi connectivity index (χ2n) is 6.50. The van der Waals surface area contributed by atoms with E-state index in [0.717, 1.165) is 16.8 Å². The number of amides is 1. The van der Waals surface area contributed by atoms with E-state index in [1.54, 1.807) is 0 Å². The van der Waals surface area contributed by atoms with Crippen molar-refractivity contribution in [1.29, 1.82) is 0 Å². The Hall–Kier alpha value is -2.26. The number of nitrogens with zero attached hydrogens (tertiary/aromatic N) is 2. The predicted molar refractivity (Wildman–Crippen MR) is 106 cm³/mol. The lowest BCUT2D eigenvalue weighted by molar-refractivity contribution is -0.116. The number of rotatable bonds is 6. The SMILES string of the molecule is NS(=O)(=O)N1CCN(CCC(=O)Nc2ccccc2-c2ccccc2)CC1. The summed E-state index contributed by atoms with van der Waals surface area (Å²) in [5.74, 6) is -0.0627. The fourth-order valence-electron chi connectivity index (χ4n) is 3.14. The van der Waals surface area contributed by atoms with Gasteiger partial charge in [-0.3, -0.25) is 4.79 Å². The number of carbonyl (C=O) groups is 1. The van der Waals surface area contributed by atoms with Gasteiger partial charge in [-0.25, -0.2) is 5.14 Å². The predicted octanol–water partition coefficient (Wildman–Crippen LogP) is 1.50. The van der Waals surface area contributed by atoms with Crippen LogP contribution < -0.4 is 10.5 Å². The molecule has 7 nitrogen and oxygen atoms in total. The number of carbonyl (C=O) groups excluding carboxylic acids is 1. The van der Waals surface area contributed by atoms with Gasteiger partial charge in [-0.1, -0.05) is 48.5 Å². The molecule has 8 heteroatoms. The van der Waals surface area contributed by atoms with Crippen LogP contribution in [-0.2, 0) is 15.0 Å². The average molecular weight is 388 g/mol. The standard InChI is InChI=1S/C19H24N4O3S/c20-27(25,26)23-14-12-22(13-15-23)11-10-19(24)21-18-9-5-4-8-17(18)16-6-2-1-3-7-16/h1-9H,10-15H2,(H,21,24)(H2,20,25,26). The van der Waals surface area contributed by atoms with Crippen LogP contribution in [0.15, 0.2) is 54.6 Å². The summed E-state index contributed by atoms with van der Waals surface area (Å²) in [5, 5.41) is 8.13. The highest BCUT2D eigenvalue weighted by Crippen LogP contribution is 2.27. The van der Waals surface area contributed by atoms with Crippen LogP contribution in [-0.4, -0.2) is 56.3 Å². The summed E-state index contributed by atoms with van der Waals surface area (Å²) in [5.41, 5.74) is 2.81. The zero-order chi connectivity index (χ0) is 19.3. The number of piperazine rings is 1. The number of para-hydroxylation sites is 1. The van der Waals surface area contributed by atoms with Crippen LogP contribution in [0.1, 0.15) is 6.42 Å². The van der Waals surface area contributed by atoms with E-state index in [-0.39, 0.29) is 5.91 Å². The molecule has 2 aromatic carbocycles. The third kappa shape index (κ3) is 5.36. The minimum absolute atomic E-state index is 0.0627. The molecule has 0 aliphatic carbocycles. The molecule has 3 rings (SSSR count). The van der Waals surface area contributed by atoms with E-state index >= 15 is 0 Å². The molecule has 2 aromatic rings. The fraction of sp³-hybridized carbons (Fsp3) is 0.316. The van der Waals surface area contributed by atoms with Gasteiger partial charge in [0.25, 0.3) is 10.2 Å². The highest BCUT2D eigenvalue weighted by atomic mass is 32.2. The Labute approximate surface area is 160 Å². The number of hydrogen-bond donors (Lipinski definition) is 2. The quantitative estimate of drug-likeness (QED) is 0.784. The van der Waals surface area contributed by atoms with E-state index in [2.05, 4.69) is 10.2 Å². The van der Waals surface area contributed by atoms with Crippen LogP contribution in [0.5, 0.6) is 0 Å². The highest BCUT2D eigenvalue weighted by molar-refractivity contribution is 7.86. The first-order chi connectivity index (χ1) is 12.9. The number of anilines is 1. The minimum atomic E-state index is -3.63. The Morgan fingerprint density at radius 3 is 2.26 bits per heavy atom. The van der Waals surface area contributed by atoms with Crippen LogP contribution in [0.4, 0.5) is 5.69 Å². The Balaban J connectivity index is 1.54. The van der Waals surface area contributed by atoms with Gasteiger partial charge in [-0.05, 0) is 11.6 Å². The van der Waals surface area contributed by atoms with Crippen molar-refractivity contribution < 1.29 is 13.2 Å². The van der Waals surface area contributed by atoms with Crippen LogP contribution in [0.25, 0.3) is 11.1 Å². The van der Waals surface area contributed by atoms with E-state index in [9.17, 15) is 13.2 Å². The lowest BCUT2D eigenvalue weighted by atomic mass is 10.0. The summed E-state index contributed by atoms with van der Waals surface area (Å²) in [7, 11) is -3.63. The van der Waals surface area contributed by atoms with E-state index in [0.29, 0.717) is 39.1 Å². The van der Waals surface area contributed by atoms with Gasteiger partial charge in [-0.15, -0.1) is 0 Å². The molecular weight excluding hydrogens is 364 g/mol. The molecule has 1 aliphatic heterocycles. The Morgan fingerprint density at radius 1 is 0.963 bits per heavy atom. The molecule has 0 bridgehead atoms. The molecule has 144 valence electrons. The largest absolute Gasteiger partial charge is 0.325 e. The zero-order valence-corrected chi connectivity index (χ0v) is 15.9. The van der Waals surface area contributed by atoms with Crippen molar-refractivity contribution in [2.45, 2.75) is 6.42 Å². The molecule has 1 heterocycles. The molecule has 27 heavy (non-hydrogen) atoms. The second-order valence-corrected chi connectivity index (χ2v) is 8.04. The molecule has 0 spiro atoms. The summed E-state index contributed by atoms with van der Waals surface area (Å²) in [6.07, 6.45) is 0.346. The third-order valence-electron chi connectivity index (χ3n) is 4.63. The van der Waals surface area contributed by atoms with Crippen LogP contribution in [0.3, 0.4) is 0 Å². The lowest BCUT2D eigenvalue weighted by Crippen LogP contribution is -2.51. The summed E-state index contributed by atoms with van der Waals surface area (Å²) < 4.78 is 23.9. The van der Waals surface area contributed by atoms with Gasteiger partial charge >= 0.3 is 0 Å². The van der Waals surface area contributed by atoms with E-state index in [4.69, 9.17) is 5.14 Å². The van der Waals surface area contributed by atoms with Crippen molar-refractivity contribution in [1.82, 2.24) is 9.21 Å². The molecule has 0 atom stereocenters. The van der Waals surface area contributed by atoms with Gasteiger partial charge < -0.3 is 10.2 Å². The summed E-state index contributed by atoms with van der Waals surface area (Å²) >= 11 is 0. The first kappa shape index (κ1) is 19.5. The molecular formula is C19H24N4O3S. The van der Waals surface area contributed by atoms with Crippen molar-refractivity contribution in [3.8, 4) is 11.1 Å². The highest BCUT2D eigenvalue weighted by Gasteiger charge is 2.24. The smallest absolute Gasteiger partial charge is 0.276 e. The minimum Gasteiger partial charge on any atom is -0.325 e. The van der Waals surface area contributed by atoms with Crippen molar-refractivity contribution in [2.75, 3.05) is 38.0 Å². The van der Waals surface area contributed by atoms with Gasteiger partial charge in [0.1, 0.15) is 0 Å². The molecule has 0 radical (unpaired) electrons. The zero-order valence-electron chi connectivity index (χ0n) is 15.0. The molecule has 1 aliphatic rings. The van der Waals surface area contributed by atoms with E-state index in [1.165, 1.54) is 4.31 Å². The topological polar surface area (TPSA) is 95.7 Å². The maximum Gasteiger partial charge on any atom is 0.276 e. The number of nitrogens with two attached hydrogens (primary N) is 1. The molecule has 0 aromatic heterocycles. The Bertz CT molecular complexity index is 879. The monoisotopic (exact) mass is 388 g/mol. The van der Waals surface area contributed by atoms with Crippen molar-refractivity contribution in [3.63, 3.8) is 0 Å². The number of hydrogen-bond acceptors (Lipinski definition) is 4. The Kier molecular flexibility index (Phi) is 6.22. The molecule has 0 saturated carbocycles. The fourth-order valence-corrected chi connectivity index (χ4v) is 3.81. The van der Waals surface area contributed by atoms with Gasteiger partial charge in [-0.2, -0.15) is 12.7 Å². The van der Waals surface area contributed by atoms with Crippen LogP contribution >= 0.6 is 0 Å². The van der Waals surface area contributed by atoms with Gasteiger partial charge in [0.15, 0.2) is 0 Å². The molecule has 0 unspecified atom stereocenters. The molecule has 1 saturated heterocycles. The number of nitrogens with one attached hydrogen (secondary N) is 1. The normalized spacial score (nSPS) is 16.2. The van der Waals surface area contributed by atoms with Gasteiger partial charge in [0.2, 0.25) is 5.91 Å². The molecule has 3 N–H and O–H groups in total. The van der Waals surface area contributed by atoms with Gasteiger partial charge in [0, 0.05) is 50.4 Å². The van der Waals surface area contributed by atoms with Crippen molar-refractivity contribution >= 4 is 21.8 Å². The van der Waals surface area contributed by atoms with Crippen LogP contribution in [0.2, 0.25) is 0 Å². The first-order valence-electron chi connectivity index (χ1n) is 8.88. The number of benzene rings is 2. The van der Waals surface area contributed by atoms with Crippen molar-refractivity contribution in [3.05, 3.63) is 54.6 Å². The Morgan fingerprint density at radius 2 is 1.59 bits per heavy atom. The second kappa shape index (κ2) is 8.62. The van der Waals surface area contributed by atoms with E-state index in [1.807, 2.05) is 54.6 Å². The summed E-state index contributed by atoms with van der Waals surface area (Å²) in [4.78, 5) is 14.5. The van der Waals surface area contributed by atoms with Gasteiger partial charge in [0.05, 0.1) is 0 Å². The lowest BCUT2D eigenvalue weighted by Gasteiger charge is -2.32. The van der Waals surface area contributed by atoms with Crippen molar-refractivity contribution in [2.24, 2.45) is 5.14 Å². The average Bonchev–Trinajstić information content (AvgIpc) is 2.67. The van der Waals surface area contributed by atoms with E-state index < -0.39 is 10.2 Å².